The van der Waals surface area contributed by atoms with Crippen LogP contribution in [0.25, 0.3) is 0 Å². The van der Waals surface area contributed by atoms with Crippen LogP contribution in [0, 0.1) is 0 Å². The molecule has 0 aliphatic carbocycles. The zero-order valence-electron chi connectivity index (χ0n) is 23.0. The van der Waals surface area contributed by atoms with Crippen LogP contribution in [0.4, 0.5) is 0 Å². The minimum absolute atomic E-state index is 0. The molecule has 1 radical (unpaired) electrons. The minimum atomic E-state index is -0.833. The SMILES string of the molecule is CC(=O)O.COc1ccc(C(=NCCN=C(c2ccccc2)c2ccc(OC)cc2O)c2ccccc2)c(O)c1.[Mn]. The molecule has 41 heavy (non-hydrogen) atoms. The van der Waals surface area contributed by atoms with Gasteiger partial charge in [-0.3, -0.25) is 14.8 Å². The van der Waals surface area contributed by atoms with Gasteiger partial charge in [-0.25, -0.2) is 0 Å². The van der Waals surface area contributed by atoms with Crippen molar-refractivity contribution in [1.82, 2.24) is 0 Å². The van der Waals surface area contributed by atoms with Crippen molar-refractivity contribution in [1.29, 1.82) is 0 Å². The third kappa shape index (κ3) is 9.53. The van der Waals surface area contributed by atoms with Gasteiger partial charge < -0.3 is 24.8 Å². The Morgan fingerprint density at radius 1 is 0.659 bits per heavy atom. The molecule has 9 heteroatoms. The van der Waals surface area contributed by atoms with E-state index in [9.17, 15) is 10.2 Å². The molecule has 3 N–H and O–H groups in total. The fourth-order valence-electron chi connectivity index (χ4n) is 3.86. The van der Waals surface area contributed by atoms with Crippen LogP contribution in [-0.4, -0.2) is 60.0 Å². The average molecular weight is 596 g/mol. The van der Waals surface area contributed by atoms with Crippen molar-refractivity contribution in [2.24, 2.45) is 9.98 Å². The number of nitrogens with zero attached hydrogens (tertiary/aromatic N) is 2. The Balaban J connectivity index is 0.00000110. The molecule has 4 rings (SSSR count). The number of aromatic hydroxyl groups is 2. The van der Waals surface area contributed by atoms with Crippen molar-refractivity contribution < 1.29 is 46.7 Å². The Morgan fingerprint density at radius 3 is 1.29 bits per heavy atom. The number of carboxylic acids is 1. The second kappa shape index (κ2) is 16.5. The summed E-state index contributed by atoms with van der Waals surface area (Å²) >= 11 is 0. The zero-order valence-corrected chi connectivity index (χ0v) is 24.2. The molecule has 4 aromatic rings. The number of carbonyl (C=O) groups is 1. The normalized spacial score (nSPS) is 11.0. The summed E-state index contributed by atoms with van der Waals surface area (Å²) < 4.78 is 10.4. The van der Waals surface area contributed by atoms with E-state index in [0.717, 1.165) is 18.1 Å². The van der Waals surface area contributed by atoms with E-state index in [4.69, 9.17) is 29.4 Å². The maximum absolute atomic E-state index is 10.6. The predicted molar refractivity (Wildman–Crippen MR) is 157 cm³/mol. The van der Waals surface area contributed by atoms with Crippen molar-refractivity contribution in [3.05, 3.63) is 119 Å². The van der Waals surface area contributed by atoms with Gasteiger partial charge in [0.25, 0.3) is 5.97 Å². The number of ether oxygens (including phenoxy) is 2. The fraction of sp³-hybridized carbons (Fsp3) is 0.156. The topological polar surface area (TPSA) is 121 Å². The van der Waals surface area contributed by atoms with Crippen LogP contribution in [0.3, 0.4) is 0 Å². The summed E-state index contributed by atoms with van der Waals surface area (Å²) in [5.41, 5.74) is 4.33. The second-order valence-corrected chi connectivity index (χ2v) is 8.48. The van der Waals surface area contributed by atoms with Crippen LogP contribution in [0.5, 0.6) is 23.0 Å². The summed E-state index contributed by atoms with van der Waals surface area (Å²) in [6.45, 7) is 1.84. The number of phenolic OH excluding ortho intramolecular Hbond substituents is 2. The summed E-state index contributed by atoms with van der Waals surface area (Å²) in [5, 5.41) is 28.7. The van der Waals surface area contributed by atoms with Crippen LogP contribution < -0.4 is 9.47 Å². The minimum Gasteiger partial charge on any atom is -0.507 e. The van der Waals surface area contributed by atoms with E-state index >= 15 is 0 Å². The Bertz CT molecular complexity index is 1360. The monoisotopic (exact) mass is 595 g/mol. The Hall–Kier alpha value is -4.59. The predicted octanol–water partition coefficient (Wildman–Crippen LogP) is 5.58. The van der Waals surface area contributed by atoms with Crippen LogP contribution in [0.2, 0.25) is 0 Å². The first kappa shape index (κ1) is 32.6. The molecule has 0 unspecified atom stereocenters. The van der Waals surface area contributed by atoms with E-state index in [0.29, 0.717) is 47.1 Å². The number of phenols is 2. The molecule has 0 aliphatic rings. The van der Waals surface area contributed by atoms with Crippen LogP contribution in [-0.2, 0) is 21.9 Å². The number of rotatable bonds is 9. The van der Waals surface area contributed by atoms with Gasteiger partial charge >= 0.3 is 0 Å². The third-order valence-electron chi connectivity index (χ3n) is 5.65. The van der Waals surface area contributed by atoms with E-state index < -0.39 is 5.97 Å². The summed E-state index contributed by atoms with van der Waals surface area (Å²) in [5.74, 6) is 0.488. The number of aliphatic carboxylic acids is 1. The van der Waals surface area contributed by atoms with Crippen molar-refractivity contribution >= 4 is 17.4 Å². The Kier molecular flexibility index (Phi) is 13.1. The molecule has 0 bridgehead atoms. The zero-order chi connectivity index (χ0) is 28.9. The van der Waals surface area contributed by atoms with Gasteiger partial charge in [-0.15, -0.1) is 0 Å². The molecule has 4 aromatic carbocycles. The summed E-state index contributed by atoms with van der Waals surface area (Å²) in [6.07, 6.45) is 0. The first-order valence-corrected chi connectivity index (χ1v) is 12.5. The van der Waals surface area contributed by atoms with E-state index in [1.807, 2.05) is 60.7 Å². The third-order valence-corrected chi connectivity index (χ3v) is 5.65. The largest absolute Gasteiger partial charge is 0.507 e. The van der Waals surface area contributed by atoms with Gasteiger partial charge in [-0.2, -0.15) is 0 Å². The Labute approximate surface area is 250 Å². The summed E-state index contributed by atoms with van der Waals surface area (Å²) in [7, 11) is 3.12. The van der Waals surface area contributed by atoms with E-state index in [-0.39, 0.29) is 28.6 Å². The number of benzene rings is 4. The maximum atomic E-state index is 10.6. The summed E-state index contributed by atoms with van der Waals surface area (Å²) in [6, 6.07) is 29.8. The first-order valence-electron chi connectivity index (χ1n) is 12.5. The standard InChI is InChI=1S/C30H28N2O4.C2H4O2.Mn/c1-35-23-13-15-25(27(33)19-23)29(21-9-5-3-6-10-21)31-17-18-32-30(22-11-7-4-8-12-22)26-16-14-24(36-2)20-28(26)34;1-2(3)4;/h3-16,19-20,33-34H,17-18H2,1-2H3;1H3,(H,3,4);. The van der Waals surface area contributed by atoms with Gasteiger partial charge in [0.15, 0.2) is 0 Å². The molecule has 0 fully saturated rings. The molecule has 0 aromatic heterocycles. The smallest absolute Gasteiger partial charge is 0.300 e. The van der Waals surface area contributed by atoms with E-state index in [2.05, 4.69) is 0 Å². The second-order valence-electron chi connectivity index (χ2n) is 8.48. The molecule has 213 valence electrons. The molecule has 0 saturated carbocycles. The molecule has 0 spiro atoms. The number of aliphatic imine (C=N–C) groups is 2. The Morgan fingerprint density at radius 2 is 1.00 bits per heavy atom. The molecular formula is C32H32MnN2O6. The van der Waals surface area contributed by atoms with Crippen molar-refractivity contribution in [2.75, 3.05) is 27.3 Å². The van der Waals surface area contributed by atoms with E-state index in [1.54, 1.807) is 50.6 Å². The first-order chi connectivity index (χ1) is 19.3. The molecule has 0 amide bonds. The van der Waals surface area contributed by atoms with Gasteiger partial charge in [0, 0.05) is 58.4 Å². The van der Waals surface area contributed by atoms with Gasteiger partial charge in [0.05, 0.1) is 38.7 Å². The van der Waals surface area contributed by atoms with Gasteiger partial charge in [-0.05, 0) is 24.3 Å². The fourth-order valence-corrected chi connectivity index (χ4v) is 3.86. The average Bonchev–Trinajstić information content (AvgIpc) is 2.96. The van der Waals surface area contributed by atoms with Gasteiger partial charge in [-0.1, -0.05) is 60.7 Å². The number of hydrogen-bond acceptors (Lipinski definition) is 7. The van der Waals surface area contributed by atoms with Gasteiger partial charge in [0.2, 0.25) is 0 Å². The van der Waals surface area contributed by atoms with Crippen LogP contribution in [0.1, 0.15) is 29.2 Å². The molecule has 0 atom stereocenters. The number of hydrogen-bond donors (Lipinski definition) is 3. The molecule has 0 heterocycles. The van der Waals surface area contributed by atoms with Crippen molar-refractivity contribution in [3.8, 4) is 23.0 Å². The van der Waals surface area contributed by atoms with Gasteiger partial charge in [0.1, 0.15) is 23.0 Å². The maximum Gasteiger partial charge on any atom is 0.300 e. The molecule has 8 nitrogen and oxygen atoms in total. The molecule has 0 aliphatic heterocycles. The van der Waals surface area contributed by atoms with Crippen molar-refractivity contribution in [3.63, 3.8) is 0 Å². The van der Waals surface area contributed by atoms with Crippen molar-refractivity contribution in [2.45, 2.75) is 6.92 Å². The van der Waals surface area contributed by atoms with Crippen LogP contribution in [0.15, 0.2) is 107 Å². The summed E-state index contributed by atoms with van der Waals surface area (Å²) in [4.78, 5) is 18.6. The number of carboxylic acid groups (broad SMARTS) is 1. The van der Waals surface area contributed by atoms with Crippen LogP contribution >= 0.6 is 0 Å². The molecular weight excluding hydrogens is 563 g/mol. The number of methoxy groups -OCH3 is 2. The van der Waals surface area contributed by atoms with E-state index in [1.165, 1.54) is 0 Å². The quantitative estimate of drug-likeness (QED) is 0.132. The molecule has 0 saturated heterocycles.